The van der Waals surface area contributed by atoms with Gasteiger partial charge in [0.05, 0.1) is 6.04 Å². The van der Waals surface area contributed by atoms with E-state index in [2.05, 4.69) is 16.9 Å². The molecule has 2 aliphatic rings. The number of benzene rings is 1. The summed E-state index contributed by atoms with van der Waals surface area (Å²) in [4.78, 5) is 30.3. The molecule has 6 nitrogen and oxygen atoms in total. The lowest BCUT2D eigenvalue weighted by molar-refractivity contribution is -0.134. The van der Waals surface area contributed by atoms with Crippen LogP contribution < -0.4 is 10.9 Å². The second-order valence-corrected chi connectivity index (χ2v) is 8.77. The molecule has 2 amide bonds. The van der Waals surface area contributed by atoms with Crippen molar-refractivity contribution < 1.29 is 9.59 Å². The molecule has 0 aliphatic carbocycles. The second kappa shape index (κ2) is 8.39. The summed E-state index contributed by atoms with van der Waals surface area (Å²) in [5.41, 5.74) is 6.80. The van der Waals surface area contributed by atoms with Gasteiger partial charge in [-0.05, 0) is 36.1 Å². The maximum absolute atomic E-state index is 12.8. The number of carbonyl (C=O) groups excluding carboxylic acids is 2. The molecule has 0 radical (unpaired) electrons. The fourth-order valence-corrected chi connectivity index (χ4v) is 4.92. The first-order chi connectivity index (χ1) is 13.5. The van der Waals surface area contributed by atoms with Crippen molar-refractivity contribution in [2.24, 2.45) is 0 Å². The third kappa shape index (κ3) is 4.18. The van der Waals surface area contributed by atoms with E-state index in [1.807, 2.05) is 16.3 Å². The molecular weight excluding hydrogens is 419 g/mol. The van der Waals surface area contributed by atoms with Crippen LogP contribution in [0.2, 0.25) is 10.0 Å². The van der Waals surface area contributed by atoms with Crippen molar-refractivity contribution in [3.8, 4) is 0 Å². The van der Waals surface area contributed by atoms with E-state index in [4.69, 9.17) is 23.2 Å². The topological polar surface area (TPSA) is 64.7 Å². The number of nitrogens with one attached hydrogen (secondary N) is 2. The molecule has 2 N–H and O–H groups in total. The minimum absolute atomic E-state index is 0.0736. The minimum Gasteiger partial charge on any atom is -0.338 e. The number of hydrogen-bond donors (Lipinski definition) is 2. The number of rotatable bonds is 3. The summed E-state index contributed by atoms with van der Waals surface area (Å²) in [6.45, 7) is 2.01. The first-order valence-corrected chi connectivity index (χ1v) is 10.7. The molecule has 0 bridgehead atoms. The van der Waals surface area contributed by atoms with Crippen LogP contribution in [0.1, 0.15) is 27.7 Å². The van der Waals surface area contributed by atoms with E-state index in [1.54, 1.807) is 34.4 Å². The zero-order chi connectivity index (χ0) is 19.7. The molecule has 2 atom stereocenters. The molecule has 3 heterocycles. The van der Waals surface area contributed by atoms with Crippen LogP contribution in [0.25, 0.3) is 0 Å². The van der Waals surface area contributed by atoms with Crippen LogP contribution in [-0.4, -0.2) is 53.8 Å². The highest BCUT2D eigenvalue weighted by Crippen LogP contribution is 2.27. The van der Waals surface area contributed by atoms with Crippen LogP contribution in [0.15, 0.2) is 35.7 Å². The maximum atomic E-state index is 12.8. The van der Waals surface area contributed by atoms with Gasteiger partial charge in [-0.2, -0.15) is 0 Å². The summed E-state index contributed by atoms with van der Waals surface area (Å²) >= 11 is 13.7. The zero-order valence-electron chi connectivity index (χ0n) is 15.0. The van der Waals surface area contributed by atoms with E-state index in [1.165, 1.54) is 4.88 Å². The molecule has 1 aromatic carbocycles. The molecule has 9 heteroatoms. The van der Waals surface area contributed by atoms with Gasteiger partial charge in [0.1, 0.15) is 6.04 Å². The molecule has 2 aliphatic heterocycles. The predicted molar refractivity (Wildman–Crippen MR) is 111 cm³/mol. The summed E-state index contributed by atoms with van der Waals surface area (Å²) < 4.78 is 0. The predicted octanol–water partition coefficient (Wildman–Crippen LogP) is 2.95. The molecule has 0 saturated carbocycles. The van der Waals surface area contributed by atoms with Gasteiger partial charge >= 0.3 is 0 Å². The summed E-state index contributed by atoms with van der Waals surface area (Å²) in [6, 6.07) is 8.83. The van der Waals surface area contributed by atoms with Gasteiger partial charge in [-0.3, -0.25) is 9.59 Å². The van der Waals surface area contributed by atoms with Gasteiger partial charge in [-0.15, -0.1) is 11.3 Å². The highest BCUT2D eigenvalue weighted by Gasteiger charge is 2.35. The monoisotopic (exact) mass is 438 g/mol. The van der Waals surface area contributed by atoms with Crippen LogP contribution in [0, 0.1) is 0 Å². The molecule has 2 saturated heterocycles. The molecule has 0 spiro atoms. The van der Waals surface area contributed by atoms with Gasteiger partial charge in [-0.25, -0.2) is 10.9 Å². The van der Waals surface area contributed by atoms with E-state index in [9.17, 15) is 9.59 Å². The van der Waals surface area contributed by atoms with E-state index >= 15 is 0 Å². The molecule has 2 fully saturated rings. The van der Waals surface area contributed by atoms with E-state index in [-0.39, 0.29) is 23.9 Å². The summed E-state index contributed by atoms with van der Waals surface area (Å²) in [5.74, 6) is -0.0422. The summed E-state index contributed by atoms with van der Waals surface area (Å²) in [6.07, 6.45) is 0.722. The van der Waals surface area contributed by atoms with Crippen molar-refractivity contribution in [2.75, 3.05) is 26.2 Å². The van der Waals surface area contributed by atoms with Crippen molar-refractivity contribution >= 4 is 46.4 Å². The highest BCUT2D eigenvalue weighted by molar-refractivity contribution is 7.10. The Labute approximate surface area is 177 Å². The van der Waals surface area contributed by atoms with Crippen molar-refractivity contribution in [3.63, 3.8) is 0 Å². The number of halogens is 2. The van der Waals surface area contributed by atoms with Gasteiger partial charge in [-0.1, -0.05) is 29.3 Å². The van der Waals surface area contributed by atoms with Crippen molar-refractivity contribution in [1.82, 2.24) is 20.7 Å². The lowest BCUT2D eigenvalue weighted by Crippen LogP contribution is -2.54. The molecule has 28 heavy (non-hydrogen) atoms. The van der Waals surface area contributed by atoms with Gasteiger partial charge in [0.25, 0.3) is 5.91 Å². The third-order valence-electron chi connectivity index (χ3n) is 5.08. The maximum Gasteiger partial charge on any atom is 0.254 e. The quantitative estimate of drug-likeness (QED) is 0.772. The Kier molecular flexibility index (Phi) is 5.89. The number of nitrogens with zero attached hydrogens (tertiary/aromatic N) is 2. The van der Waals surface area contributed by atoms with E-state index in [0.29, 0.717) is 41.8 Å². The molecule has 2 aromatic rings. The Balaban J connectivity index is 1.32. The van der Waals surface area contributed by atoms with Crippen molar-refractivity contribution in [2.45, 2.75) is 18.5 Å². The van der Waals surface area contributed by atoms with Gasteiger partial charge in [0.15, 0.2) is 0 Å². The fraction of sp³-hybridized carbons (Fsp3) is 0.368. The molecular formula is C19H20Cl2N4O2S. The molecule has 2 unspecified atom stereocenters. The largest absolute Gasteiger partial charge is 0.338 e. The average molecular weight is 439 g/mol. The first kappa shape index (κ1) is 19.7. The second-order valence-electron chi connectivity index (χ2n) is 6.92. The fourth-order valence-electron chi connectivity index (χ4n) is 3.60. The Hall–Kier alpha value is -1.64. The molecule has 4 rings (SSSR count). The van der Waals surface area contributed by atoms with Crippen molar-refractivity contribution in [1.29, 1.82) is 0 Å². The van der Waals surface area contributed by atoms with Crippen LogP contribution in [0.5, 0.6) is 0 Å². The highest BCUT2D eigenvalue weighted by atomic mass is 35.5. The first-order valence-electron chi connectivity index (χ1n) is 9.10. The number of thiophene rings is 1. The van der Waals surface area contributed by atoms with Crippen LogP contribution >= 0.6 is 34.5 Å². The SMILES string of the molecule is O=C(c1cc(Cl)cc(Cl)c1)N1CCN(C(=O)C2CC(c3cccs3)NN2)CC1. The number of carbonyl (C=O) groups is 2. The van der Waals surface area contributed by atoms with Gasteiger partial charge < -0.3 is 9.80 Å². The molecule has 1 aromatic heterocycles. The molecule has 148 valence electrons. The third-order valence-corrected chi connectivity index (χ3v) is 6.50. The van der Waals surface area contributed by atoms with E-state index < -0.39 is 0 Å². The lowest BCUT2D eigenvalue weighted by Gasteiger charge is -2.36. The number of hydrogen-bond acceptors (Lipinski definition) is 5. The standard InChI is InChI=1S/C19H20Cl2N4O2S/c20-13-8-12(9-14(21)10-13)18(26)24-3-5-25(6-4-24)19(27)16-11-15(22-23-16)17-2-1-7-28-17/h1-2,7-10,15-16,22-23H,3-6,11H2. The normalized spacial score (nSPS) is 22.5. The zero-order valence-corrected chi connectivity index (χ0v) is 17.4. The van der Waals surface area contributed by atoms with Crippen molar-refractivity contribution in [3.05, 3.63) is 56.2 Å². The van der Waals surface area contributed by atoms with Gasteiger partial charge in [0, 0.05) is 46.7 Å². The Morgan fingerprint density at radius 2 is 1.68 bits per heavy atom. The number of hydrazine groups is 1. The Bertz CT molecular complexity index is 849. The lowest BCUT2D eigenvalue weighted by atomic mass is 10.1. The summed E-state index contributed by atoms with van der Waals surface area (Å²) in [5, 5.41) is 2.91. The smallest absolute Gasteiger partial charge is 0.254 e. The Morgan fingerprint density at radius 1 is 1.00 bits per heavy atom. The summed E-state index contributed by atoms with van der Waals surface area (Å²) in [7, 11) is 0. The minimum atomic E-state index is -0.249. The number of amides is 2. The number of piperazine rings is 1. The van der Waals surface area contributed by atoms with Crippen LogP contribution in [-0.2, 0) is 4.79 Å². The average Bonchev–Trinajstić information content (AvgIpc) is 3.38. The van der Waals surface area contributed by atoms with Gasteiger partial charge in [0.2, 0.25) is 5.91 Å². The Morgan fingerprint density at radius 3 is 2.32 bits per heavy atom. The van der Waals surface area contributed by atoms with E-state index in [0.717, 1.165) is 6.42 Å². The van der Waals surface area contributed by atoms with Crippen LogP contribution in [0.4, 0.5) is 0 Å². The van der Waals surface area contributed by atoms with Crippen LogP contribution in [0.3, 0.4) is 0 Å².